The number of rotatable bonds is 5. The van der Waals surface area contributed by atoms with Gasteiger partial charge in [0.15, 0.2) is 0 Å². The maximum Gasteiger partial charge on any atom is 0.124 e. The number of hydrogen-bond donors (Lipinski definition) is 2. The summed E-state index contributed by atoms with van der Waals surface area (Å²) in [6.45, 7) is 5.74. The molecule has 0 bridgehead atoms. The number of nitrogens with two attached hydrogens (primary N) is 1. The molecule has 1 aromatic heterocycles. The molecule has 0 aliphatic rings. The van der Waals surface area contributed by atoms with E-state index in [0.29, 0.717) is 18.5 Å². The van der Waals surface area contributed by atoms with Crippen LogP contribution in [0.25, 0.3) is 10.1 Å². The minimum atomic E-state index is -0.175. The molecule has 0 fully saturated rings. The minimum absolute atomic E-state index is 0.175. The van der Waals surface area contributed by atoms with Crippen molar-refractivity contribution in [2.75, 3.05) is 6.54 Å². The zero-order chi connectivity index (χ0) is 13.1. The monoisotopic (exact) mass is 266 g/mol. The molecule has 0 saturated carbocycles. The molecule has 0 amide bonds. The van der Waals surface area contributed by atoms with Crippen LogP contribution in [-0.2, 0) is 6.54 Å². The van der Waals surface area contributed by atoms with Gasteiger partial charge in [-0.25, -0.2) is 4.39 Å². The summed E-state index contributed by atoms with van der Waals surface area (Å²) in [4.78, 5) is 1.22. The summed E-state index contributed by atoms with van der Waals surface area (Å²) in [7, 11) is 0. The lowest BCUT2D eigenvalue weighted by Crippen LogP contribution is -2.39. The van der Waals surface area contributed by atoms with E-state index in [2.05, 4.69) is 25.2 Å². The van der Waals surface area contributed by atoms with Gasteiger partial charge in [0.25, 0.3) is 0 Å². The van der Waals surface area contributed by atoms with E-state index in [0.717, 1.165) is 16.6 Å². The summed E-state index contributed by atoms with van der Waals surface area (Å²) in [5.41, 5.74) is 5.72. The fraction of sp³-hybridized carbons (Fsp3) is 0.429. The standard InChI is InChI=1S/C14H19FN2S/c1-9(2)13(7-16)17-8-12-5-10-3-4-11(15)6-14(10)18-12/h3-6,9,13,17H,7-8,16H2,1-2H3. The lowest BCUT2D eigenvalue weighted by atomic mass is 10.1. The fourth-order valence-electron chi connectivity index (χ4n) is 1.97. The van der Waals surface area contributed by atoms with Crippen LogP contribution in [0.1, 0.15) is 18.7 Å². The van der Waals surface area contributed by atoms with E-state index in [-0.39, 0.29) is 5.82 Å². The van der Waals surface area contributed by atoms with Crippen LogP contribution in [0.15, 0.2) is 24.3 Å². The number of nitrogens with one attached hydrogen (secondary N) is 1. The van der Waals surface area contributed by atoms with Gasteiger partial charge < -0.3 is 11.1 Å². The Bertz CT molecular complexity index is 521. The molecular formula is C14H19FN2S. The van der Waals surface area contributed by atoms with Crippen LogP contribution in [0.2, 0.25) is 0 Å². The molecule has 0 aliphatic heterocycles. The van der Waals surface area contributed by atoms with Gasteiger partial charge >= 0.3 is 0 Å². The Kier molecular flexibility index (Phi) is 4.32. The third kappa shape index (κ3) is 3.07. The van der Waals surface area contributed by atoms with E-state index in [1.54, 1.807) is 17.4 Å². The van der Waals surface area contributed by atoms with Crippen molar-refractivity contribution >= 4 is 21.4 Å². The Balaban J connectivity index is 2.08. The normalized spacial score (nSPS) is 13.4. The van der Waals surface area contributed by atoms with Crippen LogP contribution in [0, 0.1) is 11.7 Å². The van der Waals surface area contributed by atoms with E-state index in [4.69, 9.17) is 5.73 Å². The van der Waals surface area contributed by atoms with Crippen LogP contribution in [0.4, 0.5) is 4.39 Å². The summed E-state index contributed by atoms with van der Waals surface area (Å²) >= 11 is 1.63. The second-order valence-corrected chi connectivity index (χ2v) is 6.03. The number of hydrogen-bond acceptors (Lipinski definition) is 3. The first-order chi connectivity index (χ1) is 8.60. The Morgan fingerprint density at radius 1 is 1.33 bits per heavy atom. The molecule has 98 valence electrons. The van der Waals surface area contributed by atoms with E-state index in [9.17, 15) is 4.39 Å². The van der Waals surface area contributed by atoms with Gasteiger partial charge in [-0.15, -0.1) is 11.3 Å². The highest BCUT2D eigenvalue weighted by molar-refractivity contribution is 7.19. The largest absolute Gasteiger partial charge is 0.329 e. The fourth-order valence-corrected chi connectivity index (χ4v) is 3.01. The van der Waals surface area contributed by atoms with Crippen LogP contribution in [0.3, 0.4) is 0 Å². The van der Waals surface area contributed by atoms with Gasteiger partial charge in [0, 0.05) is 28.7 Å². The molecule has 0 radical (unpaired) electrons. The van der Waals surface area contributed by atoms with Gasteiger partial charge in [0.1, 0.15) is 5.82 Å². The summed E-state index contributed by atoms with van der Waals surface area (Å²) < 4.78 is 14.1. The van der Waals surface area contributed by atoms with Crippen LogP contribution < -0.4 is 11.1 Å². The van der Waals surface area contributed by atoms with Crippen molar-refractivity contribution in [2.45, 2.75) is 26.4 Å². The number of halogens is 1. The highest BCUT2D eigenvalue weighted by Crippen LogP contribution is 2.26. The molecular weight excluding hydrogens is 247 g/mol. The highest BCUT2D eigenvalue weighted by Gasteiger charge is 2.11. The molecule has 2 nitrogen and oxygen atoms in total. The van der Waals surface area contributed by atoms with E-state index in [1.165, 1.54) is 10.9 Å². The second-order valence-electron chi connectivity index (χ2n) is 4.86. The highest BCUT2D eigenvalue weighted by atomic mass is 32.1. The molecule has 4 heteroatoms. The maximum absolute atomic E-state index is 13.1. The molecule has 0 aliphatic carbocycles. The first-order valence-corrected chi connectivity index (χ1v) is 7.03. The van der Waals surface area contributed by atoms with E-state index < -0.39 is 0 Å². The molecule has 2 rings (SSSR count). The maximum atomic E-state index is 13.1. The Morgan fingerprint density at radius 3 is 2.78 bits per heavy atom. The van der Waals surface area contributed by atoms with E-state index in [1.807, 2.05) is 6.07 Å². The van der Waals surface area contributed by atoms with Crippen molar-refractivity contribution in [3.05, 3.63) is 35.0 Å². The predicted octanol–water partition coefficient (Wildman–Crippen LogP) is 3.11. The number of thiophene rings is 1. The smallest absolute Gasteiger partial charge is 0.124 e. The lowest BCUT2D eigenvalue weighted by Gasteiger charge is -2.19. The summed E-state index contributed by atoms with van der Waals surface area (Å²) in [6, 6.07) is 7.36. The Labute approximate surface area is 111 Å². The number of fused-ring (bicyclic) bond motifs is 1. The molecule has 1 unspecified atom stereocenters. The van der Waals surface area contributed by atoms with Crippen molar-refractivity contribution in [1.29, 1.82) is 0 Å². The molecule has 3 N–H and O–H groups in total. The average molecular weight is 266 g/mol. The molecule has 0 saturated heterocycles. The molecule has 2 aromatic rings. The van der Waals surface area contributed by atoms with Gasteiger partial charge in [-0.2, -0.15) is 0 Å². The second kappa shape index (κ2) is 5.78. The minimum Gasteiger partial charge on any atom is -0.329 e. The lowest BCUT2D eigenvalue weighted by molar-refractivity contribution is 0.406. The Hall–Kier alpha value is -0.970. The summed E-state index contributed by atoms with van der Waals surface area (Å²) in [6.07, 6.45) is 0. The average Bonchev–Trinajstić information content (AvgIpc) is 2.71. The first-order valence-electron chi connectivity index (χ1n) is 6.21. The summed E-state index contributed by atoms with van der Waals surface area (Å²) in [5, 5.41) is 4.56. The van der Waals surface area contributed by atoms with Crippen molar-refractivity contribution in [1.82, 2.24) is 5.32 Å². The zero-order valence-corrected chi connectivity index (χ0v) is 11.6. The van der Waals surface area contributed by atoms with Crippen molar-refractivity contribution in [3.8, 4) is 0 Å². The van der Waals surface area contributed by atoms with Crippen molar-refractivity contribution < 1.29 is 4.39 Å². The zero-order valence-electron chi connectivity index (χ0n) is 10.7. The topological polar surface area (TPSA) is 38.0 Å². The molecule has 1 aromatic carbocycles. The van der Waals surface area contributed by atoms with Crippen molar-refractivity contribution in [2.24, 2.45) is 11.7 Å². The number of benzene rings is 1. The van der Waals surface area contributed by atoms with Gasteiger partial charge in [-0.1, -0.05) is 19.9 Å². The van der Waals surface area contributed by atoms with Crippen LogP contribution in [-0.4, -0.2) is 12.6 Å². The molecule has 18 heavy (non-hydrogen) atoms. The molecule has 1 heterocycles. The third-order valence-corrected chi connectivity index (χ3v) is 4.23. The Morgan fingerprint density at radius 2 is 2.11 bits per heavy atom. The predicted molar refractivity (Wildman–Crippen MR) is 76.3 cm³/mol. The van der Waals surface area contributed by atoms with Gasteiger partial charge in [0.05, 0.1) is 0 Å². The van der Waals surface area contributed by atoms with Gasteiger partial charge in [-0.3, -0.25) is 0 Å². The van der Waals surface area contributed by atoms with Crippen molar-refractivity contribution in [3.63, 3.8) is 0 Å². The van der Waals surface area contributed by atoms with E-state index >= 15 is 0 Å². The van der Waals surface area contributed by atoms with Crippen LogP contribution in [0.5, 0.6) is 0 Å². The SMILES string of the molecule is CC(C)C(CN)NCc1cc2ccc(F)cc2s1. The van der Waals surface area contributed by atoms with Gasteiger partial charge in [-0.05, 0) is 29.5 Å². The van der Waals surface area contributed by atoms with Crippen LogP contribution >= 0.6 is 11.3 Å². The third-order valence-electron chi connectivity index (χ3n) is 3.13. The molecule has 1 atom stereocenters. The van der Waals surface area contributed by atoms with Gasteiger partial charge in [0.2, 0.25) is 0 Å². The quantitative estimate of drug-likeness (QED) is 0.872. The first kappa shape index (κ1) is 13.5. The summed E-state index contributed by atoms with van der Waals surface area (Å²) in [5.74, 6) is 0.340. The molecule has 0 spiro atoms.